The number of carbonyl (C=O) groups is 2. The van der Waals surface area contributed by atoms with Gasteiger partial charge in [0.05, 0.1) is 11.8 Å². The molecule has 4 rings (SSSR count). The number of hydrogen-bond donors (Lipinski definition) is 0. The van der Waals surface area contributed by atoms with Crippen molar-refractivity contribution in [2.75, 3.05) is 17.2 Å². The van der Waals surface area contributed by atoms with Crippen LogP contribution in [-0.2, 0) is 4.79 Å². The van der Waals surface area contributed by atoms with E-state index < -0.39 is 0 Å². The third-order valence-corrected chi connectivity index (χ3v) is 6.20. The molecule has 1 saturated heterocycles. The molecule has 7 nitrogen and oxygen atoms in total. The number of tetrazole rings is 1. The molecule has 1 aliphatic heterocycles. The molecule has 0 atom stereocenters. The number of nitrogens with zero attached hydrogens (tertiary/aromatic N) is 5. The van der Waals surface area contributed by atoms with Crippen LogP contribution >= 0.6 is 11.8 Å². The van der Waals surface area contributed by atoms with Gasteiger partial charge < -0.3 is 4.90 Å². The highest BCUT2D eigenvalue weighted by atomic mass is 32.2. The summed E-state index contributed by atoms with van der Waals surface area (Å²) < 4.78 is 1.89. The fourth-order valence-corrected chi connectivity index (χ4v) is 4.66. The first-order valence-corrected chi connectivity index (χ1v) is 10.6. The Morgan fingerprint density at radius 1 is 1.19 bits per heavy atom. The fourth-order valence-electron chi connectivity index (χ4n) is 3.82. The Bertz CT molecular complexity index is 831. The summed E-state index contributed by atoms with van der Waals surface area (Å²) >= 11 is 1.39. The van der Waals surface area contributed by atoms with E-state index in [2.05, 4.69) is 15.5 Å². The molecular formula is C19H23N5O2S. The number of rotatable bonds is 6. The predicted molar refractivity (Wildman–Crippen MR) is 103 cm³/mol. The molecule has 2 fully saturated rings. The van der Waals surface area contributed by atoms with E-state index >= 15 is 0 Å². The molecule has 2 aromatic rings. The minimum Gasteiger partial charge on any atom is -0.312 e. The van der Waals surface area contributed by atoms with Gasteiger partial charge in [-0.15, -0.1) is 5.10 Å². The zero-order chi connectivity index (χ0) is 18.6. The zero-order valence-corrected chi connectivity index (χ0v) is 16.0. The highest BCUT2D eigenvalue weighted by Crippen LogP contribution is 2.30. The summed E-state index contributed by atoms with van der Waals surface area (Å²) in [6, 6.07) is 7.69. The van der Waals surface area contributed by atoms with Gasteiger partial charge in [-0.2, -0.15) is 0 Å². The number of amides is 1. The lowest BCUT2D eigenvalue weighted by atomic mass is 9.96. The van der Waals surface area contributed by atoms with Crippen molar-refractivity contribution >= 4 is 29.1 Å². The Morgan fingerprint density at radius 3 is 2.81 bits per heavy atom. The van der Waals surface area contributed by atoms with E-state index in [-0.39, 0.29) is 17.4 Å². The maximum absolute atomic E-state index is 12.7. The van der Waals surface area contributed by atoms with Crippen molar-refractivity contribution in [1.29, 1.82) is 0 Å². The van der Waals surface area contributed by atoms with Crippen molar-refractivity contribution in [3.8, 4) is 0 Å². The van der Waals surface area contributed by atoms with E-state index in [9.17, 15) is 9.59 Å². The van der Waals surface area contributed by atoms with Crippen LogP contribution in [0.4, 0.5) is 5.69 Å². The molecular weight excluding hydrogens is 362 g/mol. The molecule has 0 spiro atoms. The molecule has 2 aliphatic rings. The van der Waals surface area contributed by atoms with Crippen LogP contribution in [0, 0.1) is 0 Å². The van der Waals surface area contributed by atoms with E-state index in [0.717, 1.165) is 31.5 Å². The van der Waals surface area contributed by atoms with E-state index in [1.807, 2.05) is 22.9 Å². The number of anilines is 1. The van der Waals surface area contributed by atoms with Gasteiger partial charge in [0.2, 0.25) is 11.1 Å². The second-order valence-electron chi connectivity index (χ2n) is 7.11. The number of ketones is 1. The highest BCUT2D eigenvalue weighted by Gasteiger charge is 2.23. The number of hydrogen-bond acceptors (Lipinski definition) is 6. The van der Waals surface area contributed by atoms with Crippen LogP contribution in [0.2, 0.25) is 0 Å². The Kier molecular flexibility index (Phi) is 5.52. The van der Waals surface area contributed by atoms with Crippen molar-refractivity contribution in [3.63, 3.8) is 0 Å². The summed E-state index contributed by atoms with van der Waals surface area (Å²) in [5.41, 5.74) is 1.43. The van der Waals surface area contributed by atoms with Gasteiger partial charge in [0, 0.05) is 24.2 Å². The maximum atomic E-state index is 12.7. The van der Waals surface area contributed by atoms with E-state index in [1.165, 1.54) is 31.0 Å². The van der Waals surface area contributed by atoms with Crippen LogP contribution in [0.5, 0.6) is 0 Å². The monoisotopic (exact) mass is 385 g/mol. The van der Waals surface area contributed by atoms with Crippen LogP contribution in [0.3, 0.4) is 0 Å². The van der Waals surface area contributed by atoms with Crippen molar-refractivity contribution < 1.29 is 9.59 Å². The molecule has 1 aliphatic carbocycles. The molecule has 0 unspecified atom stereocenters. The topological polar surface area (TPSA) is 81.0 Å². The first-order valence-electron chi connectivity index (χ1n) is 9.56. The Labute approximate surface area is 162 Å². The number of aromatic nitrogens is 4. The summed E-state index contributed by atoms with van der Waals surface area (Å²) in [4.78, 5) is 26.4. The Hall–Kier alpha value is -2.22. The van der Waals surface area contributed by atoms with Crippen molar-refractivity contribution in [1.82, 2.24) is 20.2 Å². The lowest BCUT2D eigenvalue weighted by Gasteiger charge is -2.21. The second-order valence-corrected chi connectivity index (χ2v) is 8.05. The number of carbonyl (C=O) groups excluding carboxylic acids is 2. The third-order valence-electron chi connectivity index (χ3n) is 5.27. The minimum absolute atomic E-state index is 0.0201. The average Bonchev–Trinajstić information content (AvgIpc) is 3.35. The second kappa shape index (κ2) is 8.21. The van der Waals surface area contributed by atoms with Crippen molar-refractivity contribution in [2.24, 2.45) is 0 Å². The summed E-state index contributed by atoms with van der Waals surface area (Å²) in [5, 5.41) is 12.8. The smallest absolute Gasteiger partial charge is 0.227 e. The lowest BCUT2D eigenvalue weighted by molar-refractivity contribution is -0.117. The van der Waals surface area contributed by atoms with Crippen LogP contribution in [0.25, 0.3) is 0 Å². The fraction of sp³-hybridized carbons (Fsp3) is 0.526. The largest absolute Gasteiger partial charge is 0.312 e. The lowest BCUT2D eigenvalue weighted by Crippen LogP contribution is -2.23. The van der Waals surface area contributed by atoms with E-state index in [1.54, 1.807) is 11.0 Å². The Morgan fingerprint density at radius 2 is 2.04 bits per heavy atom. The first kappa shape index (κ1) is 18.2. The van der Waals surface area contributed by atoms with Crippen LogP contribution in [0.1, 0.15) is 61.3 Å². The van der Waals surface area contributed by atoms with Crippen LogP contribution in [0.15, 0.2) is 29.4 Å². The normalized spacial score (nSPS) is 18.2. The minimum atomic E-state index is 0.0201. The first-order chi connectivity index (χ1) is 13.2. The number of thioether (sulfide) groups is 1. The van der Waals surface area contributed by atoms with Crippen molar-refractivity contribution in [2.45, 2.75) is 56.1 Å². The molecule has 27 heavy (non-hydrogen) atoms. The van der Waals surface area contributed by atoms with Gasteiger partial charge in [-0.25, -0.2) is 4.68 Å². The number of benzene rings is 1. The predicted octanol–water partition coefficient (Wildman–Crippen LogP) is 3.28. The summed E-state index contributed by atoms with van der Waals surface area (Å²) in [5.74, 6) is 0.428. The van der Waals surface area contributed by atoms with Crippen LogP contribution < -0.4 is 4.90 Å². The number of Topliss-reactive ketones (excluding diaryl/α,β-unsaturated/α-hetero) is 1. The molecule has 142 valence electrons. The van der Waals surface area contributed by atoms with Crippen LogP contribution in [-0.4, -0.2) is 44.2 Å². The average molecular weight is 385 g/mol. The molecule has 1 amide bonds. The summed E-state index contributed by atoms with van der Waals surface area (Å²) in [6.45, 7) is 0.724. The van der Waals surface area contributed by atoms with Gasteiger partial charge in [0.25, 0.3) is 0 Å². The molecule has 0 N–H and O–H groups in total. The molecule has 2 heterocycles. The van der Waals surface area contributed by atoms with Gasteiger partial charge in [-0.05, 0) is 41.8 Å². The molecule has 0 bridgehead atoms. The highest BCUT2D eigenvalue weighted by molar-refractivity contribution is 7.99. The SMILES string of the molecule is O=C(CSc1nnnn1C1CCCCC1)c1cccc(N2CCCC2=O)c1. The molecule has 8 heteroatoms. The van der Waals surface area contributed by atoms with Gasteiger partial charge in [0.1, 0.15) is 0 Å². The Balaban J connectivity index is 1.42. The van der Waals surface area contributed by atoms with Gasteiger partial charge >= 0.3 is 0 Å². The van der Waals surface area contributed by atoms with E-state index in [0.29, 0.717) is 23.2 Å². The quantitative estimate of drug-likeness (QED) is 0.561. The van der Waals surface area contributed by atoms with E-state index in [4.69, 9.17) is 0 Å². The van der Waals surface area contributed by atoms with Gasteiger partial charge in [-0.3, -0.25) is 9.59 Å². The third kappa shape index (κ3) is 4.05. The molecule has 1 aromatic carbocycles. The maximum Gasteiger partial charge on any atom is 0.227 e. The molecule has 0 radical (unpaired) electrons. The van der Waals surface area contributed by atoms with Gasteiger partial charge in [0.15, 0.2) is 5.78 Å². The van der Waals surface area contributed by atoms with Crippen molar-refractivity contribution in [3.05, 3.63) is 29.8 Å². The van der Waals surface area contributed by atoms with Gasteiger partial charge in [-0.1, -0.05) is 43.2 Å². The summed E-state index contributed by atoms with van der Waals surface area (Å²) in [6.07, 6.45) is 7.33. The molecule has 1 saturated carbocycles. The standard InChI is InChI=1S/C19H23N5O2S/c25-17(14-6-4-9-16(12-14)23-11-5-10-18(23)26)13-27-19-20-21-22-24(19)15-7-2-1-3-8-15/h4,6,9,12,15H,1-3,5,7-8,10-11,13H2. The zero-order valence-electron chi connectivity index (χ0n) is 15.2. The summed E-state index contributed by atoms with van der Waals surface area (Å²) in [7, 11) is 0. The molecule has 1 aromatic heterocycles.